The number of anilines is 1. The maximum Gasteiger partial charge on any atom is 0.182 e. The summed E-state index contributed by atoms with van der Waals surface area (Å²) in [6.45, 7) is 4.87. The van der Waals surface area contributed by atoms with Crippen LogP contribution in [0.15, 0.2) is 0 Å². The summed E-state index contributed by atoms with van der Waals surface area (Å²) in [5.74, 6) is 0.851. The Bertz CT molecular complexity index is 423. The molecule has 2 heterocycles. The van der Waals surface area contributed by atoms with Crippen molar-refractivity contribution in [1.82, 2.24) is 9.88 Å². The Morgan fingerprint density at radius 2 is 2.15 bits per heavy atom. The summed E-state index contributed by atoms with van der Waals surface area (Å²) in [5.41, 5.74) is 1.38. The van der Waals surface area contributed by atoms with Gasteiger partial charge in [0.2, 0.25) is 0 Å². The van der Waals surface area contributed by atoms with Crippen molar-refractivity contribution in [2.45, 2.75) is 45.1 Å². The van der Waals surface area contributed by atoms with Gasteiger partial charge in [-0.3, -0.25) is 4.90 Å². The number of hydrogen-bond donors (Lipinski definition) is 1. The minimum Gasteiger partial charge on any atom is -0.365 e. The number of aromatic nitrogens is 1. The molecule has 20 heavy (non-hydrogen) atoms. The third-order valence-electron chi connectivity index (χ3n) is 4.39. The second-order valence-electron chi connectivity index (χ2n) is 5.55. The van der Waals surface area contributed by atoms with Crippen molar-refractivity contribution in [2.75, 3.05) is 25.5 Å². The van der Waals surface area contributed by atoms with Gasteiger partial charge < -0.3 is 5.32 Å². The number of nitrogens with one attached hydrogen (secondary N) is 1. The molecular weight excluding hydrogens is 313 g/mol. The quantitative estimate of drug-likeness (QED) is 0.912. The molecule has 0 saturated carbocycles. The highest BCUT2D eigenvalue weighted by Gasteiger charge is 2.36. The van der Waals surface area contributed by atoms with Crippen LogP contribution in [-0.2, 0) is 12.8 Å². The third kappa shape index (κ3) is 3.41. The summed E-state index contributed by atoms with van der Waals surface area (Å²) < 4.78 is 0. The van der Waals surface area contributed by atoms with Crippen LogP contribution in [0, 0.1) is 5.92 Å². The van der Waals surface area contributed by atoms with Gasteiger partial charge in [-0.15, -0.1) is 36.2 Å². The van der Waals surface area contributed by atoms with Crippen LogP contribution in [0.25, 0.3) is 0 Å². The zero-order valence-electron chi connectivity index (χ0n) is 12.2. The first kappa shape index (κ1) is 18.0. The molecule has 1 fully saturated rings. The molecule has 0 amide bonds. The molecule has 1 saturated heterocycles. The lowest BCUT2D eigenvalue weighted by Gasteiger charge is -2.43. The largest absolute Gasteiger partial charge is 0.365 e. The Labute approximate surface area is 138 Å². The number of thiazole rings is 1. The molecule has 1 N–H and O–H groups in total. The van der Waals surface area contributed by atoms with Crippen molar-refractivity contribution in [1.29, 1.82) is 0 Å². The van der Waals surface area contributed by atoms with Crippen LogP contribution in [0.4, 0.5) is 5.13 Å². The van der Waals surface area contributed by atoms with Gasteiger partial charge in [0, 0.05) is 18.0 Å². The first-order valence-electron chi connectivity index (χ1n) is 7.22. The Morgan fingerprint density at radius 1 is 1.35 bits per heavy atom. The van der Waals surface area contributed by atoms with Crippen LogP contribution in [0.3, 0.4) is 0 Å². The maximum absolute atomic E-state index is 4.72. The summed E-state index contributed by atoms with van der Waals surface area (Å²) in [6.07, 6.45) is 6.49. The minimum atomic E-state index is 0. The van der Waals surface area contributed by atoms with Crippen molar-refractivity contribution in [2.24, 2.45) is 5.92 Å². The minimum absolute atomic E-state index is 0. The lowest BCUT2D eigenvalue weighted by molar-refractivity contribution is 0.0857. The van der Waals surface area contributed by atoms with E-state index in [4.69, 9.17) is 4.98 Å². The number of halogens is 2. The highest BCUT2D eigenvalue weighted by Crippen LogP contribution is 2.38. The highest BCUT2D eigenvalue weighted by atomic mass is 35.5. The van der Waals surface area contributed by atoms with E-state index in [1.54, 1.807) is 0 Å². The van der Waals surface area contributed by atoms with E-state index in [-0.39, 0.29) is 24.8 Å². The van der Waals surface area contributed by atoms with Crippen molar-refractivity contribution >= 4 is 41.3 Å². The lowest BCUT2D eigenvalue weighted by Crippen LogP contribution is -2.49. The van der Waals surface area contributed by atoms with Crippen LogP contribution >= 0.6 is 36.2 Å². The first-order chi connectivity index (χ1) is 8.81. The number of fused-ring (bicyclic) bond motifs is 2. The molecule has 6 heteroatoms. The molecule has 1 aliphatic carbocycles. The fraction of sp³-hybridized carbons (Fsp3) is 0.786. The van der Waals surface area contributed by atoms with Crippen molar-refractivity contribution in [3.8, 4) is 0 Å². The number of piperidine rings is 1. The summed E-state index contributed by atoms with van der Waals surface area (Å²) in [4.78, 5) is 8.98. The number of hydrogen-bond acceptors (Lipinski definition) is 4. The molecule has 116 valence electrons. The van der Waals surface area contributed by atoms with Crippen molar-refractivity contribution in [3.63, 3.8) is 0 Å². The summed E-state index contributed by atoms with van der Waals surface area (Å²) in [7, 11) is 1.97. The summed E-state index contributed by atoms with van der Waals surface area (Å²) in [5, 5.41) is 4.29. The molecule has 0 bridgehead atoms. The number of nitrogens with zero attached hydrogens (tertiary/aromatic N) is 2. The van der Waals surface area contributed by atoms with Crippen LogP contribution in [-0.4, -0.2) is 36.1 Å². The average Bonchev–Trinajstić information content (AvgIpc) is 2.79. The fourth-order valence-electron chi connectivity index (χ4n) is 3.56. The van der Waals surface area contributed by atoms with Crippen molar-refractivity contribution in [3.05, 3.63) is 10.6 Å². The van der Waals surface area contributed by atoms with E-state index in [2.05, 4.69) is 17.1 Å². The zero-order valence-corrected chi connectivity index (χ0v) is 14.7. The van der Waals surface area contributed by atoms with Gasteiger partial charge in [0.15, 0.2) is 5.13 Å². The lowest BCUT2D eigenvalue weighted by atomic mass is 9.79. The molecule has 0 unspecified atom stereocenters. The number of likely N-dealkylation sites (tertiary alicyclic amines) is 1. The fourth-order valence-corrected chi connectivity index (χ4v) is 4.55. The number of rotatable bonds is 3. The molecule has 2 atom stereocenters. The second kappa shape index (κ2) is 7.83. The summed E-state index contributed by atoms with van der Waals surface area (Å²) in [6, 6.07) is 0.788. The third-order valence-corrected chi connectivity index (χ3v) is 5.52. The van der Waals surface area contributed by atoms with Gasteiger partial charge in [-0.2, -0.15) is 0 Å². The molecule has 1 aromatic heterocycles. The smallest absolute Gasteiger partial charge is 0.182 e. The standard InChI is InChI=1S/C14H23N3S.2ClH/c1-3-6-17-7-4-5-10-8-11-13(9-12(10)17)18-14(15-2)16-11;;/h10,12H,3-9H2,1-2H3,(H,15,16);2*1H/t10-,12-;;/m1../s1. The highest BCUT2D eigenvalue weighted by molar-refractivity contribution is 7.15. The first-order valence-corrected chi connectivity index (χ1v) is 8.03. The molecule has 3 nitrogen and oxygen atoms in total. The van der Waals surface area contributed by atoms with Crippen LogP contribution < -0.4 is 5.32 Å². The molecule has 0 radical (unpaired) electrons. The van der Waals surface area contributed by atoms with Gasteiger partial charge in [-0.1, -0.05) is 6.92 Å². The van der Waals surface area contributed by atoms with Gasteiger partial charge in [0.1, 0.15) is 0 Å². The Balaban J connectivity index is 0.000001000. The van der Waals surface area contributed by atoms with Gasteiger partial charge in [0.05, 0.1) is 5.69 Å². The predicted octanol–water partition coefficient (Wildman–Crippen LogP) is 3.62. The maximum atomic E-state index is 4.72. The molecule has 2 aliphatic rings. The molecule has 3 rings (SSSR count). The molecule has 1 aromatic rings. The van der Waals surface area contributed by atoms with E-state index >= 15 is 0 Å². The molecule has 0 aromatic carbocycles. The zero-order chi connectivity index (χ0) is 12.5. The van der Waals surface area contributed by atoms with Crippen LogP contribution in [0.2, 0.25) is 0 Å². The SMILES string of the molecule is CCCN1CCC[C@@H]2Cc3nc(NC)sc3C[C@H]21.Cl.Cl. The molecular formula is C14H25Cl2N3S. The van der Waals surface area contributed by atoms with Gasteiger partial charge >= 0.3 is 0 Å². The van der Waals surface area contributed by atoms with E-state index in [1.165, 1.54) is 55.8 Å². The second-order valence-corrected chi connectivity index (χ2v) is 6.64. The van der Waals surface area contributed by atoms with E-state index in [1.807, 2.05) is 18.4 Å². The van der Waals surface area contributed by atoms with E-state index < -0.39 is 0 Å². The Kier molecular flexibility index (Phi) is 7.06. The van der Waals surface area contributed by atoms with E-state index in [0.717, 1.165) is 17.1 Å². The monoisotopic (exact) mass is 337 g/mol. The normalized spacial score (nSPS) is 24.9. The van der Waals surface area contributed by atoms with Gasteiger partial charge in [-0.05, 0) is 51.1 Å². The van der Waals surface area contributed by atoms with Gasteiger partial charge in [0.25, 0.3) is 0 Å². The van der Waals surface area contributed by atoms with Crippen LogP contribution in [0.5, 0.6) is 0 Å². The Morgan fingerprint density at radius 3 is 2.85 bits per heavy atom. The average molecular weight is 338 g/mol. The van der Waals surface area contributed by atoms with E-state index in [9.17, 15) is 0 Å². The molecule has 0 spiro atoms. The van der Waals surface area contributed by atoms with Crippen LogP contribution in [0.1, 0.15) is 36.8 Å². The van der Waals surface area contributed by atoms with Crippen molar-refractivity contribution < 1.29 is 0 Å². The van der Waals surface area contributed by atoms with Gasteiger partial charge in [-0.25, -0.2) is 4.98 Å². The Hall–Kier alpha value is -0.0300. The molecule has 1 aliphatic heterocycles. The predicted molar refractivity (Wildman–Crippen MR) is 91.9 cm³/mol. The summed E-state index contributed by atoms with van der Waals surface area (Å²) >= 11 is 1.86. The topological polar surface area (TPSA) is 28.2 Å². The van der Waals surface area contributed by atoms with E-state index in [0.29, 0.717) is 0 Å².